The van der Waals surface area contributed by atoms with Gasteiger partial charge in [-0.15, -0.1) is 0 Å². The first kappa shape index (κ1) is 12.3. The minimum atomic E-state index is 0.314. The van der Waals surface area contributed by atoms with Crippen molar-refractivity contribution in [1.29, 1.82) is 0 Å². The Balaban J connectivity index is 2.80. The maximum atomic E-state index is 5.63. The average Bonchev–Trinajstić information content (AvgIpc) is 2.09. The van der Waals surface area contributed by atoms with E-state index in [1.165, 1.54) is 16.7 Å². The van der Waals surface area contributed by atoms with Crippen LogP contribution < -0.4 is 5.73 Å². The maximum absolute atomic E-state index is 5.63. The fourth-order valence-electron chi connectivity index (χ4n) is 2.04. The van der Waals surface area contributed by atoms with Crippen molar-refractivity contribution >= 4 is 0 Å². The first-order chi connectivity index (χ1) is 6.94. The van der Waals surface area contributed by atoms with Crippen LogP contribution in [-0.4, -0.2) is 6.54 Å². The van der Waals surface area contributed by atoms with E-state index in [1.807, 2.05) is 0 Å². The Morgan fingerprint density at radius 2 is 1.87 bits per heavy atom. The summed E-state index contributed by atoms with van der Waals surface area (Å²) < 4.78 is 0. The highest BCUT2D eigenvalue weighted by molar-refractivity contribution is 5.31. The monoisotopic (exact) mass is 205 g/mol. The molecule has 0 bridgehead atoms. The second-order valence-electron chi connectivity index (χ2n) is 5.31. The fraction of sp³-hybridized carbons (Fsp3) is 0.571. The molecule has 0 unspecified atom stereocenters. The molecule has 0 aromatic heterocycles. The van der Waals surface area contributed by atoms with Crippen LogP contribution in [0.5, 0.6) is 0 Å². The summed E-state index contributed by atoms with van der Waals surface area (Å²) >= 11 is 0. The number of hydrogen-bond donors (Lipinski definition) is 1. The Morgan fingerprint density at radius 1 is 1.20 bits per heavy atom. The van der Waals surface area contributed by atoms with Crippen LogP contribution in [0.2, 0.25) is 0 Å². The minimum absolute atomic E-state index is 0.314. The van der Waals surface area contributed by atoms with Crippen LogP contribution in [-0.2, 0) is 6.42 Å². The third-order valence-corrected chi connectivity index (χ3v) is 2.99. The predicted octanol–water partition coefficient (Wildman–Crippen LogP) is 3.22. The first-order valence-corrected chi connectivity index (χ1v) is 5.71. The smallest absolute Gasteiger partial charge is 0.00721 e. The van der Waals surface area contributed by atoms with Crippen molar-refractivity contribution in [2.24, 2.45) is 11.1 Å². The third-order valence-electron chi connectivity index (χ3n) is 2.99. The van der Waals surface area contributed by atoms with E-state index in [-0.39, 0.29) is 0 Å². The van der Waals surface area contributed by atoms with E-state index in [0.29, 0.717) is 5.41 Å². The van der Waals surface area contributed by atoms with Crippen LogP contribution in [0.3, 0.4) is 0 Å². The minimum Gasteiger partial charge on any atom is -0.330 e. The normalized spacial score (nSPS) is 11.8. The van der Waals surface area contributed by atoms with E-state index in [9.17, 15) is 0 Å². The molecule has 0 spiro atoms. The summed E-state index contributed by atoms with van der Waals surface area (Å²) in [5.41, 5.74) is 10.1. The van der Waals surface area contributed by atoms with E-state index < -0.39 is 0 Å². The quantitative estimate of drug-likeness (QED) is 0.802. The van der Waals surface area contributed by atoms with E-state index in [0.717, 1.165) is 19.4 Å². The molecule has 1 heteroatoms. The lowest BCUT2D eigenvalue weighted by atomic mass is 9.81. The molecule has 1 aromatic rings. The van der Waals surface area contributed by atoms with E-state index >= 15 is 0 Å². The summed E-state index contributed by atoms with van der Waals surface area (Å²) in [5, 5.41) is 0. The van der Waals surface area contributed by atoms with Crippen molar-refractivity contribution in [3.63, 3.8) is 0 Å². The highest BCUT2D eigenvalue weighted by Crippen LogP contribution is 2.27. The van der Waals surface area contributed by atoms with Crippen molar-refractivity contribution in [3.8, 4) is 0 Å². The van der Waals surface area contributed by atoms with Gasteiger partial charge in [0.1, 0.15) is 0 Å². The summed E-state index contributed by atoms with van der Waals surface area (Å²) in [6.45, 7) is 9.69. The number of rotatable bonds is 4. The number of aryl methyl sites for hydroxylation is 2. The molecule has 1 rings (SSSR count). The topological polar surface area (TPSA) is 26.0 Å². The van der Waals surface area contributed by atoms with Crippen molar-refractivity contribution in [2.75, 3.05) is 6.54 Å². The van der Waals surface area contributed by atoms with Crippen LogP contribution in [0.25, 0.3) is 0 Å². The van der Waals surface area contributed by atoms with Crippen molar-refractivity contribution < 1.29 is 0 Å². The van der Waals surface area contributed by atoms with Gasteiger partial charge in [-0.1, -0.05) is 37.6 Å². The Labute approximate surface area is 93.7 Å². The zero-order valence-electron chi connectivity index (χ0n) is 10.4. The van der Waals surface area contributed by atoms with Gasteiger partial charge in [0.2, 0.25) is 0 Å². The molecule has 0 aliphatic carbocycles. The summed E-state index contributed by atoms with van der Waals surface area (Å²) in [4.78, 5) is 0. The van der Waals surface area contributed by atoms with Gasteiger partial charge in [0.05, 0.1) is 0 Å². The highest BCUT2D eigenvalue weighted by atomic mass is 14.5. The summed E-state index contributed by atoms with van der Waals surface area (Å²) in [6.07, 6.45) is 2.20. The molecular weight excluding hydrogens is 182 g/mol. The molecule has 0 heterocycles. The molecule has 2 N–H and O–H groups in total. The largest absolute Gasteiger partial charge is 0.330 e. The lowest BCUT2D eigenvalue weighted by Gasteiger charge is -2.25. The molecular formula is C14H23N. The third kappa shape index (κ3) is 3.67. The Morgan fingerprint density at radius 3 is 2.40 bits per heavy atom. The van der Waals surface area contributed by atoms with Crippen LogP contribution >= 0.6 is 0 Å². The van der Waals surface area contributed by atoms with Crippen LogP contribution in [0.1, 0.15) is 37.0 Å². The molecule has 1 nitrogen and oxygen atoms in total. The van der Waals surface area contributed by atoms with Gasteiger partial charge in [0.25, 0.3) is 0 Å². The lowest BCUT2D eigenvalue weighted by Crippen LogP contribution is -2.20. The molecule has 0 radical (unpaired) electrons. The second kappa shape index (κ2) is 4.80. The van der Waals surface area contributed by atoms with Gasteiger partial charge in [0.15, 0.2) is 0 Å². The molecule has 0 fully saturated rings. The van der Waals surface area contributed by atoms with Gasteiger partial charge in [0, 0.05) is 0 Å². The first-order valence-electron chi connectivity index (χ1n) is 5.71. The number of nitrogens with two attached hydrogens (primary N) is 1. The molecule has 0 aliphatic heterocycles. The van der Waals surface area contributed by atoms with E-state index in [1.54, 1.807) is 0 Å². The van der Waals surface area contributed by atoms with Crippen LogP contribution in [0, 0.1) is 19.3 Å². The maximum Gasteiger partial charge on any atom is -0.00721 e. The zero-order chi connectivity index (χ0) is 11.5. The van der Waals surface area contributed by atoms with Crippen LogP contribution in [0.4, 0.5) is 0 Å². The second-order valence-corrected chi connectivity index (χ2v) is 5.31. The lowest BCUT2D eigenvalue weighted by molar-refractivity contribution is 0.338. The molecule has 0 amide bonds. The van der Waals surface area contributed by atoms with Gasteiger partial charge in [-0.2, -0.15) is 0 Å². The van der Waals surface area contributed by atoms with Gasteiger partial charge in [-0.25, -0.2) is 0 Å². The standard InChI is InChI=1S/C14H23N/c1-11-5-6-13(12(2)9-11)10-14(3,4)7-8-15/h5-6,9H,7-8,10,15H2,1-4H3. The van der Waals surface area contributed by atoms with Crippen molar-refractivity contribution in [3.05, 3.63) is 34.9 Å². The fourth-order valence-corrected chi connectivity index (χ4v) is 2.04. The van der Waals surface area contributed by atoms with E-state index in [2.05, 4.69) is 45.9 Å². The molecule has 15 heavy (non-hydrogen) atoms. The summed E-state index contributed by atoms with van der Waals surface area (Å²) in [6, 6.07) is 6.71. The average molecular weight is 205 g/mol. The number of hydrogen-bond acceptors (Lipinski definition) is 1. The Bertz CT molecular complexity index is 326. The molecule has 1 aromatic carbocycles. The Kier molecular flexibility index (Phi) is 3.92. The summed E-state index contributed by atoms with van der Waals surface area (Å²) in [5.74, 6) is 0. The van der Waals surface area contributed by atoms with Gasteiger partial charge in [-0.3, -0.25) is 0 Å². The summed E-state index contributed by atoms with van der Waals surface area (Å²) in [7, 11) is 0. The SMILES string of the molecule is Cc1ccc(CC(C)(C)CCN)c(C)c1. The van der Waals surface area contributed by atoms with E-state index in [4.69, 9.17) is 5.73 Å². The van der Waals surface area contributed by atoms with Crippen molar-refractivity contribution in [2.45, 2.75) is 40.5 Å². The van der Waals surface area contributed by atoms with Gasteiger partial charge >= 0.3 is 0 Å². The molecule has 0 saturated carbocycles. The molecule has 0 aliphatic rings. The van der Waals surface area contributed by atoms with Crippen LogP contribution in [0.15, 0.2) is 18.2 Å². The predicted molar refractivity (Wildman–Crippen MR) is 67.1 cm³/mol. The zero-order valence-corrected chi connectivity index (χ0v) is 10.4. The number of benzene rings is 1. The molecule has 0 atom stereocenters. The van der Waals surface area contributed by atoms with Crippen molar-refractivity contribution in [1.82, 2.24) is 0 Å². The highest BCUT2D eigenvalue weighted by Gasteiger charge is 2.18. The molecule has 0 saturated heterocycles. The Hall–Kier alpha value is -0.820. The van der Waals surface area contributed by atoms with Gasteiger partial charge < -0.3 is 5.73 Å². The van der Waals surface area contributed by atoms with Gasteiger partial charge in [-0.05, 0) is 49.8 Å². The molecule has 84 valence electrons.